The van der Waals surface area contributed by atoms with E-state index in [1.165, 1.54) is 24.1 Å². The van der Waals surface area contributed by atoms with Crippen LogP contribution in [0, 0.1) is 11.8 Å². The molecule has 2 aromatic rings. The third kappa shape index (κ3) is 3.62. The summed E-state index contributed by atoms with van der Waals surface area (Å²) < 4.78 is 7.74. The molecule has 4 heterocycles. The monoisotopic (exact) mass is 438 g/mol. The van der Waals surface area contributed by atoms with Crippen molar-refractivity contribution in [2.75, 3.05) is 31.5 Å². The Kier molecular flexibility index (Phi) is 5.01. The van der Waals surface area contributed by atoms with Gasteiger partial charge in [-0.1, -0.05) is 13.8 Å². The van der Waals surface area contributed by atoms with Crippen LogP contribution in [0.25, 0.3) is 5.65 Å². The molecule has 1 amide bonds. The maximum atomic E-state index is 12.7. The first-order valence-electron chi connectivity index (χ1n) is 12.4. The van der Waals surface area contributed by atoms with Crippen molar-refractivity contribution in [3.63, 3.8) is 0 Å². The third-order valence-corrected chi connectivity index (χ3v) is 7.83. The van der Waals surface area contributed by atoms with Crippen molar-refractivity contribution in [3.05, 3.63) is 23.5 Å². The molecule has 8 nitrogen and oxygen atoms in total. The number of fused-ring (bicyclic) bond motifs is 3. The van der Waals surface area contributed by atoms with Crippen LogP contribution in [0.1, 0.15) is 69.0 Å². The van der Waals surface area contributed by atoms with Gasteiger partial charge in [0.15, 0.2) is 5.65 Å². The van der Waals surface area contributed by atoms with Gasteiger partial charge in [-0.05, 0) is 56.4 Å². The fraction of sp³-hybridized carbons (Fsp3) is 0.708. The predicted molar refractivity (Wildman–Crippen MR) is 122 cm³/mol. The van der Waals surface area contributed by atoms with Crippen molar-refractivity contribution in [1.29, 1.82) is 0 Å². The molecule has 2 aliphatic heterocycles. The first-order valence-corrected chi connectivity index (χ1v) is 12.4. The van der Waals surface area contributed by atoms with E-state index in [4.69, 9.17) is 14.8 Å². The number of piperidine rings is 1. The fourth-order valence-electron chi connectivity index (χ4n) is 5.82. The molecular weight excluding hydrogens is 404 g/mol. The number of ether oxygens (including phenoxy) is 1. The van der Waals surface area contributed by atoms with E-state index in [0.29, 0.717) is 29.7 Å². The average Bonchev–Trinajstić information content (AvgIpc) is 3.25. The molecule has 3 atom stereocenters. The fourth-order valence-corrected chi connectivity index (χ4v) is 5.82. The smallest absolute Gasteiger partial charge is 0.410 e. The van der Waals surface area contributed by atoms with Crippen LogP contribution >= 0.6 is 0 Å². The van der Waals surface area contributed by atoms with E-state index < -0.39 is 0 Å². The lowest BCUT2D eigenvalue weighted by Gasteiger charge is -2.38. The summed E-state index contributed by atoms with van der Waals surface area (Å²) >= 11 is 0. The van der Waals surface area contributed by atoms with E-state index in [1.807, 2.05) is 15.6 Å². The van der Waals surface area contributed by atoms with E-state index in [1.54, 1.807) is 0 Å². The highest BCUT2D eigenvalue weighted by Gasteiger charge is 2.44. The second-order valence-corrected chi connectivity index (χ2v) is 10.5. The lowest BCUT2D eigenvalue weighted by Crippen LogP contribution is -2.51. The van der Waals surface area contributed by atoms with E-state index in [9.17, 15) is 4.79 Å². The van der Waals surface area contributed by atoms with E-state index in [-0.39, 0.29) is 12.2 Å². The minimum Gasteiger partial charge on any atom is -0.445 e. The molecule has 2 aliphatic carbocycles. The molecule has 0 radical (unpaired) electrons. The first-order chi connectivity index (χ1) is 15.6. The summed E-state index contributed by atoms with van der Waals surface area (Å²) in [5, 5.41) is 11.8. The summed E-state index contributed by atoms with van der Waals surface area (Å²) in [6.07, 6.45) is 7.54. The number of likely N-dealkylation sites (tertiary alicyclic amines) is 1. The summed E-state index contributed by atoms with van der Waals surface area (Å²) in [4.78, 5) is 19.7. The highest BCUT2D eigenvalue weighted by Crippen LogP contribution is 2.42. The molecule has 2 aromatic heterocycles. The number of anilines is 1. The second kappa shape index (κ2) is 7.90. The van der Waals surface area contributed by atoms with Crippen LogP contribution in [-0.2, 0) is 4.74 Å². The summed E-state index contributed by atoms with van der Waals surface area (Å²) in [6.45, 7) is 7.66. The number of aromatic nitrogens is 3. The Balaban J connectivity index is 1.22. The van der Waals surface area contributed by atoms with Gasteiger partial charge in [-0.15, -0.1) is 0 Å². The molecule has 8 heteroatoms. The Hall–Kier alpha value is -2.35. The Morgan fingerprint density at radius 1 is 1.19 bits per heavy atom. The van der Waals surface area contributed by atoms with Gasteiger partial charge < -0.3 is 20.3 Å². The normalized spacial score (nSPS) is 29.8. The van der Waals surface area contributed by atoms with E-state index >= 15 is 0 Å². The van der Waals surface area contributed by atoms with Crippen LogP contribution in [0.3, 0.4) is 0 Å². The Bertz CT molecular complexity index is 995. The van der Waals surface area contributed by atoms with Crippen molar-refractivity contribution in [2.45, 2.75) is 69.9 Å². The highest BCUT2D eigenvalue weighted by molar-refractivity contribution is 5.68. The topological polar surface area (TPSA) is 83.8 Å². The maximum Gasteiger partial charge on any atom is 0.410 e. The third-order valence-electron chi connectivity index (χ3n) is 7.83. The Morgan fingerprint density at radius 2 is 1.97 bits per heavy atom. The number of carbonyl (C=O) groups excluding carboxylic acids is 1. The number of amides is 1. The maximum absolute atomic E-state index is 12.7. The molecule has 6 rings (SSSR count). The zero-order valence-corrected chi connectivity index (χ0v) is 19.1. The molecule has 3 unspecified atom stereocenters. The van der Waals surface area contributed by atoms with Crippen molar-refractivity contribution in [3.8, 4) is 0 Å². The first kappa shape index (κ1) is 20.3. The van der Waals surface area contributed by atoms with E-state index in [0.717, 1.165) is 56.9 Å². The summed E-state index contributed by atoms with van der Waals surface area (Å²) in [5.41, 5.74) is 3.39. The second-order valence-electron chi connectivity index (χ2n) is 10.5. The lowest BCUT2D eigenvalue weighted by molar-refractivity contribution is 0.0531. The van der Waals surface area contributed by atoms with Crippen molar-refractivity contribution in [2.24, 2.45) is 11.8 Å². The van der Waals surface area contributed by atoms with Gasteiger partial charge >= 0.3 is 6.09 Å². The number of hydrogen-bond donors (Lipinski definition) is 2. The van der Waals surface area contributed by atoms with Gasteiger partial charge in [0.2, 0.25) is 0 Å². The van der Waals surface area contributed by atoms with Gasteiger partial charge in [-0.25, -0.2) is 9.78 Å². The van der Waals surface area contributed by atoms with Crippen LogP contribution in [0.5, 0.6) is 0 Å². The van der Waals surface area contributed by atoms with Crippen molar-refractivity contribution < 1.29 is 9.53 Å². The molecule has 2 saturated heterocycles. The van der Waals surface area contributed by atoms with Gasteiger partial charge in [-0.2, -0.15) is 9.61 Å². The minimum absolute atomic E-state index is 0.0249. The molecule has 0 spiro atoms. The van der Waals surface area contributed by atoms with Crippen LogP contribution in [0.2, 0.25) is 0 Å². The SMILES string of the molecule is CC(C)c1cnn2c(NC3C4CCC3CN(C(=O)OC3CCNC3)C4)cc(C3CC3)nc12. The minimum atomic E-state index is -0.134. The summed E-state index contributed by atoms with van der Waals surface area (Å²) in [7, 11) is 0. The molecule has 4 fully saturated rings. The standard InChI is InChI=1S/C24H34N6O2/c1-14(2)19-11-26-30-21(9-20(15-3-4-15)27-23(19)30)28-22-16-5-6-17(22)13-29(12-16)24(31)32-18-7-8-25-10-18/h9,11,14-18,22,25,28H,3-8,10,12-13H2,1-2H3. The summed E-state index contributed by atoms with van der Waals surface area (Å²) in [6, 6.07) is 2.58. The van der Waals surface area contributed by atoms with Gasteiger partial charge in [0.05, 0.1) is 6.20 Å². The molecule has 4 aliphatic rings. The van der Waals surface area contributed by atoms with Crippen LogP contribution in [0.4, 0.5) is 10.6 Å². The molecule has 0 aromatic carbocycles. The van der Waals surface area contributed by atoms with Crippen LogP contribution in [0.15, 0.2) is 12.3 Å². The molecule has 2 N–H and O–H groups in total. The van der Waals surface area contributed by atoms with Crippen LogP contribution < -0.4 is 10.6 Å². The molecular formula is C24H34N6O2. The lowest BCUT2D eigenvalue weighted by atomic mass is 9.92. The average molecular weight is 439 g/mol. The number of nitrogens with zero attached hydrogens (tertiary/aromatic N) is 4. The van der Waals surface area contributed by atoms with Gasteiger partial charge in [-0.3, -0.25) is 0 Å². The van der Waals surface area contributed by atoms with Crippen molar-refractivity contribution >= 4 is 17.6 Å². The molecule has 2 bridgehead atoms. The predicted octanol–water partition coefficient (Wildman–Crippen LogP) is 3.35. The zero-order chi connectivity index (χ0) is 21.8. The highest BCUT2D eigenvalue weighted by atomic mass is 16.6. The number of nitrogens with one attached hydrogen (secondary N) is 2. The van der Waals surface area contributed by atoms with Gasteiger partial charge in [0.25, 0.3) is 0 Å². The number of rotatable bonds is 5. The molecule has 32 heavy (non-hydrogen) atoms. The molecule has 2 saturated carbocycles. The number of hydrogen-bond acceptors (Lipinski definition) is 6. The largest absolute Gasteiger partial charge is 0.445 e. The quantitative estimate of drug-likeness (QED) is 0.745. The Labute approximate surface area is 189 Å². The summed E-state index contributed by atoms with van der Waals surface area (Å²) in [5.74, 6) is 2.92. The zero-order valence-electron chi connectivity index (χ0n) is 19.1. The van der Waals surface area contributed by atoms with Gasteiger partial charge in [0, 0.05) is 48.9 Å². The van der Waals surface area contributed by atoms with Crippen LogP contribution in [-0.4, -0.2) is 63.9 Å². The number of carbonyl (C=O) groups is 1. The molecule has 172 valence electrons. The van der Waals surface area contributed by atoms with E-state index in [2.05, 4.69) is 30.5 Å². The Morgan fingerprint density at radius 3 is 2.62 bits per heavy atom. The van der Waals surface area contributed by atoms with Gasteiger partial charge in [0.1, 0.15) is 11.9 Å². The van der Waals surface area contributed by atoms with Crippen molar-refractivity contribution in [1.82, 2.24) is 24.8 Å².